The van der Waals surface area contributed by atoms with Crippen LogP contribution >= 0.6 is 11.6 Å². The van der Waals surface area contributed by atoms with Crippen LogP contribution in [0.1, 0.15) is 22.8 Å². The molecular weight excluding hydrogens is 266 g/mol. The van der Waals surface area contributed by atoms with Crippen molar-refractivity contribution < 1.29 is 14.3 Å². The highest BCUT2D eigenvalue weighted by Gasteiger charge is 2.21. The molecular formula is C14H18ClNO3. The minimum atomic E-state index is -0.372. The first-order valence-electron chi connectivity index (χ1n) is 5.96. The van der Waals surface area contributed by atoms with Gasteiger partial charge in [0.1, 0.15) is 0 Å². The molecule has 1 atom stereocenters. The van der Waals surface area contributed by atoms with Crippen LogP contribution < -0.4 is 0 Å². The first-order chi connectivity index (χ1) is 8.86. The lowest BCUT2D eigenvalue weighted by Gasteiger charge is -2.21. The van der Waals surface area contributed by atoms with E-state index in [0.29, 0.717) is 10.6 Å². The number of nitrogens with zero attached hydrogens (tertiary/aromatic N) is 1. The molecule has 0 aliphatic heterocycles. The average molecular weight is 284 g/mol. The summed E-state index contributed by atoms with van der Waals surface area (Å²) >= 11 is 6.06. The highest BCUT2D eigenvalue weighted by atomic mass is 35.5. The summed E-state index contributed by atoms with van der Waals surface area (Å²) in [4.78, 5) is 25.0. The summed E-state index contributed by atoms with van der Waals surface area (Å²) < 4.78 is 4.63. The van der Waals surface area contributed by atoms with Crippen LogP contribution in [-0.4, -0.2) is 37.5 Å². The fourth-order valence-electron chi connectivity index (χ4n) is 1.77. The van der Waals surface area contributed by atoms with Gasteiger partial charge in [-0.25, -0.2) is 0 Å². The molecule has 0 saturated carbocycles. The van der Waals surface area contributed by atoms with E-state index in [0.717, 1.165) is 5.56 Å². The highest BCUT2D eigenvalue weighted by molar-refractivity contribution is 6.33. The van der Waals surface area contributed by atoms with Crippen molar-refractivity contribution in [2.45, 2.75) is 13.8 Å². The molecule has 1 aromatic rings. The van der Waals surface area contributed by atoms with Crippen molar-refractivity contribution in [2.75, 3.05) is 20.7 Å². The molecule has 4 nitrogen and oxygen atoms in total. The zero-order valence-electron chi connectivity index (χ0n) is 11.6. The van der Waals surface area contributed by atoms with E-state index in [-0.39, 0.29) is 24.3 Å². The van der Waals surface area contributed by atoms with Gasteiger partial charge >= 0.3 is 5.97 Å². The van der Waals surface area contributed by atoms with Gasteiger partial charge in [0.25, 0.3) is 5.91 Å². The molecule has 0 N–H and O–H groups in total. The highest BCUT2D eigenvalue weighted by Crippen LogP contribution is 2.19. The van der Waals surface area contributed by atoms with Crippen LogP contribution in [0.3, 0.4) is 0 Å². The normalized spacial score (nSPS) is 11.8. The van der Waals surface area contributed by atoms with E-state index in [2.05, 4.69) is 4.74 Å². The molecule has 0 aliphatic rings. The minimum Gasteiger partial charge on any atom is -0.469 e. The third-order valence-corrected chi connectivity index (χ3v) is 3.17. The molecule has 0 heterocycles. The SMILES string of the molecule is COC(=O)C(C)CN(C)C(=O)c1ccc(C)cc1Cl. The predicted octanol–water partition coefficient (Wildman–Crippen LogP) is 2.53. The minimum absolute atomic E-state index is 0.208. The summed E-state index contributed by atoms with van der Waals surface area (Å²) in [5.74, 6) is -0.918. The number of esters is 1. The van der Waals surface area contributed by atoms with Crippen LogP contribution in [0.2, 0.25) is 5.02 Å². The Labute approximate surface area is 118 Å². The molecule has 1 rings (SSSR count). The second-order valence-corrected chi connectivity index (χ2v) is 5.00. The summed E-state index contributed by atoms with van der Waals surface area (Å²) in [5, 5.41) is 0.419. The lowest BCUT2D eigenvalue weighted by Crippen LogP contribution is -2.34. The van der Waals surface area contributed by atoms with Crippen molar-refractivity contribution in [2.24, 2.45) is 5.92 Å². The molecule has 1 amide bonds. The third kappa shape index (κ3) is 3.96. The van der Waals surface area contributed by atoms with Crippen molar-refractivity contribution in [3.63, 3.8) is 0 Å². The maximum absolute atomic E-state index is 12.2. The van der Waals surface area contributed by atoms with Gasteiger partial charge in [0.2, 0.25) is 0 Å². The van der Waals surface area contributed by atoms with Crippen LogP contribution in [0.4, 0.5) is 0 Å². The number of amides is 1. The van der Waals surface area contributed by atoms with Gasteiger partial charge < -0.3 is 9.64 Å². The fourth-order valence-corrected chi connectivity index (χ4v) is 2.08. The van der Waals surface area contributed by atoms with E-state index in [4.69, 9.17) is 11.6 Å². The largest absolute Gasteiger partial charge is 0.469 e. The van der Waals surface area contributed by atoms with E-state index in [9.17, 15) is 9.59 Å². The number of hydrogen-bond donors (Lipinski definition) is 0. The van der Waals surface area contributed by atoms with Crippen molar-refractivity contribution >= 4 is 23.5 Å². The summed E-state index contributed by atoms with van der Waals surface area (Å²) in [6, 6.07) is 5.27. The maximum Gasteiger partial charge on any atom is 0.310 e. The fraction of sp³-hybridized carbons (Fsp3) is 0.429. The first kappa shape index (κ1) is 15.5. The quantitative estimate of drug-likeness (QED) is 0.798. The second-order valence-electron chi connectivity index (χ2n) is 4.59. The lowest BCUT2D eigenvalue weighted by atomic mass is 10.1. The Bertz CT molecular complexity index is 488. The molecule has 104 valence electrons. The molecule has 0 fully saturated rings. The number of carbonyl (C=O) groups excluding carboxylic acids is 2. The van der Waals surface area contributed by atoms with Gasteiger partial charge in [0.05, 0.1) is 23.6 Å². The molecule has 0 bridgehead atoms. The van der Waals surface area contributed by atoms with E-state index in [1.54, 1.807) is 26.1 Å². The van der Waals surface area contributed by atoms with Gasteiger partial charge in [0, 0.05) is 13.6 Å². The van der Waals surface area contributed by atoms with Gasteiger partial charge in [0.15, 0.2) is 0 Å². The van der Waals surface area contributed by atoms with Crippen LogP contribution in [0.15, 0.2) is 18.2 Å². The average Bonchev–Trinajstić information content (AvgIpc) is 2.36. The second kappa shape index (κ2) is 6.57. The molecule has 1 aromatic carbocycles. The zero-order valence-corrected chi connectivity index (χ0v) is 12.3. The molecule has 0 spiro atoms. The Morgan fingerprint density at radius 2 is 2.05 bits per heavy atom. The van der Waals surface area contributed by atoms with Crippen molar-refractivity contribution in [3.05, 3.63) is 34.3 Å². The summed E-state index contributed by atoms with van der Waals surface area (Å²) in [5.41, 5.74) is 1.43. The number of aryl methyl sites for hydroxylation is 1. The van der Waals surface area contributed by atoms with E-state index < -0.39 is 0 Å². The Kier molecular flexibility index (Phi) is 5.36. The van der Waals surface area contributed by atoms with Crippen LogP contribution in [-0.2, 0) is 9.53 Å². The molecule has 1 unspecified atom stereocenters. The Morgan fingerprint density at radius 1 is 1.42 bits per heavy atom. The van der Waals surface area contributed by atoms with Gasteiger partial charge in [-0.05, 0) is 24.6 Å². The van der Waals surface area contributed by atoms with Crippen LogP contribution in [0.5, 0.6) is 0 Å². The van der Waals surface area contributed by atoms with Gasteiger partial charge in [-0.3, -0.25) is 9.59 Å². The summed E-state index contributed by atoms with van der Waals surface area (Å²) in [7, 11) is 2.97. The van der Waals surface area contributed by atoms with E-state index >= 15 is 0 Å². The number of hydrogen-bond acceptors (Lipinski definition) is 3. The van der Waals surface area contributed by atoms with E-state index in [1.165, 1.54) is 12.0 Å². The maximum atomic E-state index is 12.2. The Hall–Kier alpha value is -1.55. The molecule has 0 aliphatic carbocycles. The Morgan fingerprint density at radius 3 is 2.58 bits per heavy atom. The first-order valence-corrected chi connectivity index (χ1v) is 6.34. The predicted molar refractivity (Wildman–Crippen MR) is 74.3 cm³/mol. The van der Waals surface area contributed by atoms with Crippen molar-refractivity contribution in [1.82, 2.24) is 4.90 Å². The molecule has 5 heteroatoms. The standard InChI is InChI=1S/C14H18ClNO3/c1-9-5-6-11(12(15)7-9)13(17)16(3)8-10(2)14(18)19-4/h5-7,10H,8H2,1-4H3. The topological polar surface area (TPSA) is 46.6 Å². The van der Waals surface area contributed by atoms with Crippen LogP contribution in [0, 0.1) is 12.8 Å². The van der Waals surface area contributed by atoms with Gasteiger partial charge in [-0.15, -0.1) is 0 Å². The smallest absolute Gasteiger partial charge is 0.310 e. The number of rotatable bonds is 4. The molecule has 0 saturated heterocycles. The number of methoxy groups -OCH3 is 1. The van der Waals surface area contributed by atoms with E-state index in [1.807, 2.05) is 13.0 Å². The monoisotopic (exact) mass is 283 g/mol. The van der Waals surface area contributed by atoms with Crippen LogP contribution in [0.25, 0.3) is 0 Å². The number of ether oxygens (including phenoxy) is 1. The lowest BCUT2D eigenvalue weighted by molar-refractivity contribution is -0.145. The molecule has 0 radical (unpaired) electrons. The summed E-state index contributed by atoms with van der Waals surface area (Å²) in [6.45, 7) is 3.91. The van der Waals surface area contributed by atoms with Gasteiger partial charge in [-0.2, -0.15) is 0 Å². The number of halogens is 1. The Balaban J connectivity index is 2.79. The number of benzene rings is 1. The van der Waals surface area contributed by atoms with Crippen molar-refractivity contribution in [3.8, 4) is 0 Å². The molecule has 19 heavy (non-hydrogen) atoms. The third-order valence-electron chi connectivity index (χ3n) is 2.85. The van der Waals surface area contributed by atoms with Crippen molar-refractivity contribution in [1.29, 1.82) is 0 Å². The number of carbonyl (C=O) groups is 2. The summed E-state index contributed by atoms with van der Waals surface area (Å²) in [6.07, 6.45) is 0. The molecule has 0 aromatic heterocycles. The van der Waals surface area contributed by atoms with Gasteiger partial charge in [-0.1, -0.05) is 24.6 Å². The zero-order chi connectivity index (χ0) is 14.6.